The Morgan fingerprint density at radius 3 is 2.55 bits per heavy atom. The molecule has 2 aromatic carbocycles. The predicted octanol–water partition coefficient (Wildman–Crippen LogP) is 4.35. The lowest BCUT2D eigenvalue weighted by Gasteiger charge is -2.34. The van der Waals surface area contributed by atoms with Crippen molar-refractivity contribution in [1.29, 1.82) is 0 Å². The maximum absolute atomic E-state index is 5.62. The first-order valence-corrected chi connectivity index (χ1v) is 9.91. The smallest absolute Gasteiger partial charge is 0.205 e. The highest BCUT2D eigenvalue weighted by molar-refractivity contribution is 5.97. The Labute approximate surface area is 171 Å². The van der Waals surface area contributed by atoms with Crippen LogP contribution >= 0.6 is 0 Å². The molecule has 2 heterocycles. The van der Waals surface area contributed by atoms with Crippen LogP contribution in [0.4, 0.5) is 5.82 Å². The number of hydrogen-bond acceptors (Lipinski definition) is 6. The molecule has 1 aliphatic rings. The number of aromatic nitrogens is 2. The van der Waals surface area contributed by atoms with Crippen molar-refractivity contribution < 1.29 is 14.2 Å². The van der Waals surface area contributed by atoms with E-state index in [0.717, 1.165) is 36.2 Å². The highest BCUT2D eigenvalue weighted by atomic mass is 16.5. The minimum atomic E-state index is 0.482. The second-order valence-corrected chi connectivity index (χ2v) is 7.44. The first-order chi connectivity index (χ1) is 14.2. The van der Waals surface area contributed by atoms with Crippen molar-refractivity contribution in [2.45, 2.75) is 25.7 Å². The van der Waals surface area contributed by atoms with Crippen LogP contribution in [0.15, 0.2) is 36.7 Å². The van der Waals surface area contributed by atoms with Crippen LogP contribution in [0, 0.1) is 6.92 Å². The maximum Gasteiger partial charge on any atom is 0.205 e. The van der Waals surface area contributed by atoms with Crippen LogP contribution in [0.1, 0.15) is 29.9 Å². The third-order valence-corrected chi connectivity index (χ3v) is 5.65. The molecule has 0 amide bonds. The molecule has 6 heteroatoms. The largest absolute Gasteiger partial charge is 0.493 e. The molecule has 1 unspecified atom stereocenters. The topological polar surface area (TPSA) is 56.7 Å². The fourth-order valence-electron chi connectivity index (χ4n) is 4.27. The summed E-state index contributed by atoms with van der Waals surface area (Å²) in [5, 5.41) is 0.909. The van der Waals surface area contributed by atoms with Crippen LogP contribution in [0.3, 0.4) is 0 Å². The van der Waals surface area contributed by atoms with Gasteiger partial charge in [-0.15, -0.1) is 0 Å². The van der Waals surface area contributed by atoms with E-state index in [4.69, 9.17) is 14.2 Å². The van der Waals surface area contributed by atoms with Crippen LogP contribution in [0.2, 0.25) is 0 Å². The number of hydrogen-bond donors (Lipinski definition) is 0. The molecule has 1 fully saturated rings. The molecule has 1 aromatic heterocycles. The van der Waals surface area contributed by atoms with Crippen molar-refractivity contribution in [3.8, 4) is 17.2 Å². The van der Waals surface area contributed by atoms with Crippen LogP contribution in [-0.2, 0) is 0 Å². The Bertz CT molecular complexity index is 1020. The molecule has 4 rings (SSSR count). The predicted molar refractivity (Wildman–Crippen MR) is 115 cm³/mol. The van der Waals surface area contributed by atoms with Gasteiger partial charge >= 0.3 is 0 Å². The van der Waals surface area contributed by atoms with E-state index < -0.39 is 0 Å². The molecule has 0 saturated carbocycles. The Morgan fingerprint density at radius 2 is 1.83 bits per heavy atom. The van der Waals surface area contributed by atoms with Gasteiger partial charge in [-0.05, 0) is 31.4 Å². The summed E-state index contributed by atoms with van der Waals surface area (Å²) in [5.74, 6) is 3.11. The molecule has 1 saturated heterocycles. The van der Waals surface area contributed by atoms with Gasteiger partial charge < -0.3 is 19.1 Å². The van der Waals surface area contributed by atoms with E-state index in [1.165, 1.54) is 17.5 Å². The Hall–Kier alpha value is -3.02. The van der Waals surface area contributed by atoms with E-state index in [9.17, 15) is 0 Å². The molecule has 1 aliphatic heterocycles. The monoisotopic (exact) mass is 393 g/mol. The van der Waals surface area contributed by atoms with E-state index in [-0.39, 0.29) is 0 Å². The van der Waals surface area contributed by atoms with Crippen LogP contribution in [0.5, 0.6) is 17.2 Å². The van der Waals surface area contributed by atoms with Gasteiger partial charge in [0, 0.05) is 19.0 Å². The molecular formula is C23H27N3O3. The zero-order valence-corrected chi connectivity index (χ0v) is 17.4. The highest BCUT2D eigenvalue weighted by Gasteiger charge is 2.26. The van der Waals surface area contributed by atoms with Gasteiger partial charge in [0.15, 0.2) is 11.5 Å². The molecule has 6 nitrogen and oxygen atoms in total. The third-order valence-electron chi connectivity index (χ3n) is 5.65. The molecule has 0 aliphatic carbocycles. The first kappa shape index (κ1) is 19.3. The maximum atomic E-state index is 5.62. The number of fused-ring (bicyclic) bond motifs is 1. The lowest BCUT2D eigenvalue weighted by atomic mass is 9.89. The molecule has 0 bridgehead atoms. The minimum Gasteiger partial charge on any atom is -0.493 e. The standard InChI is InChI=1S/C23H27N3O3/c1-15-7-5-8-16(11-15)17-9-6-10-26(13-17)23-18-12-19(27-2)21(28-3)22(29-4)20(18)24-14-25-23/h5,7-8,11-12,14,17H,6,9-10,13H2,1-4H3. The van der Waals surface area contributed by atoms with E-state index in [0.29, 0.717) is 23.2 Å². The Morgan fingerprint density at radius 1 is 1.00 bits per heavy atom. The molecule has 0 N–H and O–H groups in total. The summed E-state index contributed by atoms with van der Waals surface area (Å²) in [6.45, 7) is 4.03. The number of ether oxygens (including phenoxy) is 3. The summed E-state index contributed by atoms with van der Waals surface area (Å²) in [4.78, 5) is 11.5. The van der Waals surface area contributed by atoms with Gasteiger partial charge in [0.2, 0.25) is 5.75 Å². The third kappa shape index (κ3) is 3.55. The number of rotatable bonds is 5. The van der Waals surface area contributed by atoms with Gasteiger partial charge in [-0.25, -0.2) is 9.97 Å². The average Bonchev–Trinajstić information content (AvgIpc) is 2.77. The van der Waals surface area contributed by atoms with E-state index in [1.807, 2.05) is 6.07 Å². The van der Waals surface area contributed by atoms with Crippen molar-refractivity contribution in [1.82, 2.24) is 9.97 Å². The van der Waals surface area contributed by atoms with Crippen LogP contribution in [0.25, 0.3) is 10.9 Å². The van der Waals surface area contributed by atoms with E-state index in [1.54, 1.807) is 27.7 Å². The average molecular weight is 393 g/mol. The van der Waals surface area contributed by atoms with Gasteiger partial charge in [-0.1, -0.05) is 29.8 Å². The molecule has 29 heavy (non-hydrogen) atoms. The number of benzene rings is 2. The van der Waals surface area contributed by atoms with Crippen molar-refractivity contribution in [2.75, 3.05) is 39.3 Å². The molecule has 0 radical (unpaired) electrons. The van der Waals surface area contributed by atoms with Crippen LogP contribution in [-0.4, -0.2) is 44.4 Å². The molecule has 3 aromatic rings. The first-order valence-electron chi connectivity index (χ1n) is 9.91. The van der Waals surface area contributed by atoms with E-state index >= 15 is 0 Å². The zero-order valence-electron chi connectivity index (χ0n) is 17.4. The lowest BCUT2D eigenvalue weighted by Crippen LogP contribution is -2.35. The number of methoxy groups -OCH3 is 3. The van der Waals surface area contributed by atoms with Crippen molar-refractivity contribution in [2.24, 2.45) is 0 Å². The molecule has 0 spiro atoms. The summed E-state index contributed by atoms with van der Waals surface area (Å²) in [6, 6.07) is 10.8. The molecule has 1 atom stereocenters. The summed E-state index contributed by atoms with van der Waals surface area (Å²) >= 11 is 0. The summed E-state index contributed by atoms with van der Waals surface area (Å²) in [7, 11) is 4.85. The second-order valence-electron chi connectivity index (χ2n) is 7.44. The normalized spacial score (nSPS) is 16.7. The SMILES string of the molecule is COc1cc2c(N3CCCC(c4cccc(C)c4)C3)ncnc2c(OC)c1OC. The number of aryl methyl sites for hydroxylation is 1. The zero-order chi connectivity index (χ0) is 20.4. The quantitative estimate of drug-likeness (QED) is 0.642. The van der Waals surface area contributed by atoms with Gasteiger partial charge in [0.05, 0.1) is 26.7 Å². The number of anilines is 1. The van der Waals surface area contributed by atoms with Crippen LogP contribution < -0.4 is 19.1 Å². The van der Waals surface area contributed by atoms with Gasteiger partial charge in [-0.2, -0.15) is 0 Å². The fourth-order valence-corrected chi connectivity index (χ4v) is 4.27. The van der Waals surface area contributed by atoms with E-state index in [2.05, 4.69) is 46.1 Å². The second kappa shape index (κ2) is 8.15. The van der Waals surface area contributed by atoms with Crippen molar-refractivity contribution >= 4 is 16.7 Å². The van der Waals surface area contributed by atoms with Gasteiger partial charge in [0.1, 0.15) is 17.7 Å². The van der Waals surface area contributed by atoms with Gasteiger partial charge in [0.25, 0.3) is 0 Å². The van der Waals surface area contributed by atoms with Crippen molar-refractivity contribution in [3.63, 3.8) is 0 Å². The fraction of sp³-hybridized carbons (Fsp3) is 0.391. The highest BCUT2D eigenvalue weighted by Crippen LogP contribution is 2.44. The summed E-state index contributed by atoms with van der Waals surface area (Å²) in [5.41, 5.74) is 3.42. The molecular weight excluding hydrogens is 366 g/mol. The molecule has 152 valence electrons. The summed E-state index contributed by atoms with van der Waals surface area (Å²) < 4.78 is 16.7. The lowest BCUT2D eigenvalue weighted by molar-refractivity contribution is 0.327. The van der Waals surface area contributed by atoms with Gasteiger partial charge in [-0.3, -0.25) is 0 Å². The summed E-state index contributed by atoms with van der Waals surface area (Å²) in [6.07, 6.45) is 3.90. The number of nitrogens with zero attached hydrogens (tertiary/aromatic N) is 3. The Kier molecular flexibility index (Phi) is 5.43. The van der Waals surface area contributed by atoms with Crippen molar-refractivity contribution in [3.05, 3.63) is 47.8 Å². The minimum absolute atomic E-state index is 0.482. The Balaban J connectivity index is 1.77. The number of piperidine rings is 1.